The molecule has 6 heteroatoms. The molecule has 0 radical (unpaired) electrons. The predicted octanol–water partition coefficient (Wildman–Crippen LogP) is 13.0. The standard InChI is InChI=1S/C51H34N4OS/c1-3-12-31(13-4-1)49-52-50(32-14-5-2-6-15-32)54-51(53-49)35-24-27-45-40(29-35)39-28-33(23-26-44(39)56-45)34-22-25-38-47(30-34)57-46-21-11-20-43(48(38)46)55-41-18-9-7-16-36(41)37-17-8-10-19-42(37)55/h1-9,11-18,20-30,51H,10,19H2,(H,52,53,54). The number of hydrogen-bond donors (Lipinski definition) is 1. The van der Waals surface area contributed by atoms with E-state index in [1.165, 1.54) is 53.6 Å². The van der Waals surface area contributed by atoms with Crippen LogP contribution in [-0.4, -0.2) is 16.2 Å². The van der Waals surface area contributed by atoms with E-state index >= 15 is 0 Å². The number of aromatic nitrogens is 1. The minimum atomic E-state index is -0.322. The number of amidine groups is 2. The molecule has 1 aliphatic heterocycles. The highest BCUT2D eigenvalue weighted by molar-refractivity contribution is 7.26. The number of allylic oxidation sites excluding steroid dienone is 1. The Morgan fingerprint density at radius 2 is 1.37 bits per heavy atom. The summed E-state index contributed by atoms with van der Waals surface area (Å²) in [4.78, 5) is 10.1. The fraction of sp³-hybridized carbons (Fsp3) is 0.0588. The molecule has 1 N–H and O–H groups in total. The third-order valence-corrected chi connectivity index (χ3v) is 12.6. The van der Waals surface area contributed by atoms with Crippen LogP contribution in [0.1, 0.15) is 40.5 Å². The van der Waals surface area contributed by atoms with Crippen molar-refractivity contribution in [3.63, 3.8) is 0 Å². The molecule has 1 aliphatic carbocycles. The third kappa shape index (κ3) is 5.21. The second kappa shape index (κ2) is 12.8. The molecule has 0 fully saturated rings. The highest BCUT2D eigenvalue weighted by atomic mass is 32.1. The number of para-hydroxylation sites is 1. The molecule has 1 unspecified atom stereocenters. The predicted molar refractivity (Wildman–Crippen MR) is 238 cm³/mol. The van der Waals surface area contributed by atoms with Crippen molar-refractivity contribution in [2.75, 3.05) is 0 Å². The van der Waals surface area contributed by atoms with Gasteiger partial charge in [0.05, 0.1) is 11.2 Å². The van der Waals surface area contributed by atoms with Crippen molar-refractivity contribution >= 4 is 82.1 Å². The van der Waals surface area contributed by atoms with Gasteiger partial charge in [-0.3, -0.25) is 0 Å². The first kappa shape index (κ1) is 32.2. The van der Waals surface area contributed by atoms with E-state index in [0.29, 0.717) is 5.84 Å². The van der Waals surface area contributed by atoms with E-state index in [9.17, 15) is 0 Å². The van der Waals surface area contributed by atoms with Crippen LogP contribution in [0.3, 0.4) is 0 Å². The summed E-state index contributed by atoms with van der Waals surface area (Å²) >= 11 is 1.87. The maximum Gasteiger partial charge on any atom is 0.159 e. The minimum Gasteiger partial charge on any atom is -0.456 e. The third-order valence-electron chi connectivity index (χ3n) is 11.5. The van der Waals surface area contributed by atoms with E-state index in [1.807, 2.05) is 47.7 Å². The van der Waals surface area contributed by atoms with Gasteiger partial charge in [-0.05, 0) is 78.1 Å². The summed E-state index contributed by atoms with van der Waals surface area (Å²) in [5.41, 5.74) is 12.4. The molecule has 7 aromatic carbocycles. The summed E-state index contributed by atoms with van der Waals surface area (Å²) in [5, 5.41) is 9.70. The van der Waals surface area contributed by atoms with Crippen molar-refractivity contribution in [3.8, 4) is 16.8 Å². The zero-order valence-corrected chi connectivity index (χ0v) is 31.6. The number of nitrogens with one attached hydrogen (secondary N) is 1. The van der Waals surface area contributed by atoms with Gasteiger partial charge in [0, 0.05) is 58.7 Å². The van der Waals surface area contributed by atoms with E-state index in [0.717, 1.165) is 62.9 Å². The summed E-state index contributed by atoms with van der Waals surface area (Å²) in [6, 6.07) is 56.0. The number of nitrogens with zero attached hydrogens (tertiary/aromatic N) is 3. The lowest BCUT2D eigenvalue weighted by molar-refractivity contribution is 0.663. The van der Waals surface area contributed by atoms with Crippen LogP contribution in [0, 0.1) is 0 Å². The van der Waals surface area contributed by atoms with Gasteiger partial charge in [0.25, 0.3) is 0 Å². The second-order valence-corrected chi connectivity index (χ2v) is 16.0. The normalized spacial score (nSPS) is 15.3. The van der Waals surface area contributed by atoms with Crippen LogP contribution in [-0.2, 0) is 6.42 Å². The number of rotatable bonds is 5. The molecule has 3 aromatic heterocycles. The van der Waals surface area contributed by atoms with Gasteiger partial charge >= 0.3 is 0 Å². The average Bonchev–Trinajstić information content (AvgIpc) is 3.95. The van der Waals surface area contributed by atoms with Gasteiger partial charge in [-0.1, -0.05) is 121 Å². The molecule has 10 aromatic rings. The van der Waals surface area contributed by atoms with Crippen LogP contribution in [0.15, 0.2) is 178 Å². The van der Waals surface area contributed by atoms with E-state index in [-0.39, 0.29) is 6.17 Å². The Balaban J connectivity index is 0.948. The lowest BCUT2D eigenvalue weighted by atomic mass is 10.00. The van der Waals surface area contributed by atoms with Gasteiger partial charge in [-0.25, -0.2) is 9.98 Å². The Morgan fingerprint density at radius 3 is 2.25 bits per heavy atom. The Bertz CT molecular complexity index is 3330. The van der Waals surface area contributed by atoms with Crippen LogP contribution in [0.25, 0.3) is 75.9 Å². The molecule has 0 spiro atoms. The SMILES string of the molecule is C1=Cc2c(n(-c3cccc4sc5cc(-c6ccc7oc8ccc(C9N=C(c%10ccccc%10)N=C(c%10ccccc%10)N9)cc8c7c6)ccc5c34)c3ccccc23)CC1. The first-order chi connectivity index (χ1) is 28.2. The molecule has 0 saturated heterocycles. The van der Waals surface area contributed by atoms with Crippen molar-refractivity contribution in [2.24, 2.45) is 9.98 Å². The Kier molecular flexibility index (Phi) is 7.22. The molecule has 5 nitrogen and oxygen atoms in total. The van der Waals surface area contributed by atoms with Gasteiger partial charge in [-0.15, -0.1) is 11.3 Å². The van der Waals surface area contributed by atoms with Gasteiger partial charge in [0.2, 0.25) is 0 Å². The maximum atomic E-state index is 6.41. The second-order valence-electron chi connectivity index (χ2n) is 14.9. The Hall–Kier alpha value is -7.02. The zero-order valence-electron chi connectivity index (χ0n) is 30.8. The fourth-order valence-corrected chi connectivity index (χ4v) is 10.0. The molecule has 0 saturated carbocycles. The van der Waals surface area contributed by atoms with Crippen LogP contribution in [0.4, 0.5) is 0 Å². The molecular formula is C51H34N4OS. The molecule has 0 bridgehead atoms. The van der Waals surface area contributed by atoms with Gasteiger partial charge < -0.3 is 14.3 Å². The highest BCUT2D eigenvalue weighted by Crippen LogP contribution is 2.43. The fourth-order valence-electron chi connectivity index (χ4n) is 8.84. The highest BCUT2D eigenvalue weighted by Gasteiger charge is 2.23. The average molecular weight is 751 g/mol. The molecule has 270 valence electrons. The largest absolute Gasteiger partial charge is 0.456 e. The van der Waals surface area contributed by atoms with E-state index < -0.39 is 0 Å². The summed E-state index contributed by atoms with van der Waals surface area (Å²) in [7, 11) is 0. The first-order valence-corrected chi connectivity index (χ1v) is 20.3. The number of aliphatic imine (C=N–C) groups is 2. The number of fused-ring (bicyclic) bond motifs is 9. The van der Waals surface area contributed by atoms with Crippen LogP contribution in [0.2, 0.25) is 0 Å². The van der Waals surface area contributed by atoms with Crippen LogP contribution >= 0.6 is 11.3 Å². The van der Waals surface area contributed by atoms with E-state index in [2.05, 4.69) is 143 Å². The molecule has 0 amide bonds. The van der Waals surface area contributed by atoms with Gasteiger partial charge in [0.1, 0.15) is 23.2 Å². The number of furan rings is 1. The zero-order chi connectivity index (χ0) is 37.5. The van der Waals surface area contributed by atoms with Crippen molar-refractivity contribution in [1.82, 2.24) is 9.88 Å². The lowest BCUT2D eigenvalue weighted by Gasteiger charge is -2.23. The number of thiophene rings is 1. The lowest BCUT2D eigenvalue weighted by Crippen LogP contribution is -2.33. The summed E-state index contributed by atoms with van der Waals surface area (Å²) in [5.74, 6) is 1.51. The molecule has 4 heterocycles. The summed E-state index contributed by atoms with van der Waals surface area (Å²) in [6.45, 7) is 0. The van der Waals surface area contributed by atoms with Crippen molar-refractivity contribution < 1.29 is 4.42 Å². The van der Waals surface area contributed by atoms with Crippen molar-refractivity contribution in [3.05, 3.63) is 192 Å². The van der Waals surface area contributed by atoms with E-state index in [1.54, 1.807) is 0 Å². The summed E-state index contributed by atoms with van der Waals surface area (Å²) in [6.07, 6.45) is 6.41. The minimum absolute atomic E-state index is 0.322. The van der Waals surface area contributed by atoms with Gasteiger partial charge in [-0.2, -0.15) is 0 Å². The van der Waals surface area contributed by atoms with Crippen LogP contribution in [0.5, 0.6) is 0 Å². The first-order valence-electron chi connectivity index (χ1n) is 19.5. The van der Waals surface area contributed by atoms with Crippen molar-refractivity contribution in [1.29, 1.82) is 0 Å². The molecule has 57 heavy (non-hydrogen) atoms. The molecule has 2 aliphatic rings. The smallest absolute Gasteiger partial charge is 0.159 e. The Labute approximate surface area is 332 Å². The summed E-state index contributed by atoms with van der Waals surface area (Å²) < 4.78 is 11.5. The molecule has 1 atom stereocenters. The van der Waals surface area contributed by atoms with Crippen LogP contribution < -0.4 is 5.32 Å². The topological polar surface area (TPSA) is 54.8 Å². The van der Waals surface area contributed by atoms with Gasteiger partial charge in [0.15, 0.2) is 5.84 Å². The quantitative estimate of drug-likeness (QED) is 0.190. The monoisotopic (exact) mass is 750 g/mol. The molecular weight excluding hydrogens is 717 g/mol. The maximum absolute atomic E-state index is 6.41. The van der Waals surface area contributed by atoms with E-state index in [4.69, 9.17) is 14.4 Å². The number of benzene rings is 7. The Morgan fingerprint density at radius 1 is 0.614 bits per heavy atom. The van der Waals surface area contributed by atoms with Crippen molar-refractivity contribution in [2.45, 2.75) is 19.0 Å². The number of hydrogen-bond acceptors (Lipinski definition) is 5. The molecule has 12 rings (SSSR count).